The summed E-state index contributed by atoms with van der Waals surface area (Å²) in [6.07, 6.45) is 0. The number of piperazine rings is 1. The van der Waals surface area contributed by atoms with Gasteiger partial charge in [-0.2, -0.15) is 0 Å². The van der Waals surface area contributed by atoms with E-state index in [1.165, 1.54) is 22.3 Å². The molecule has 2 aromatic carbocycles. The molecule has 0 atom stereocenters. The molecule has 1 aliphatic carbocycles. The first-order valence-electron chi connectivity index (χ1n) is 9.23. The maximum atomic E-state index is 5.53. The van der Waals surface area contributed by atoms with Gasteiger partial charge >= 0.3 is 0 Å². The lowest BCUT2D eigenvalue weighted by Crippen LogP contribution is -2.47. The van der Waals surface area contributed by atoms with Gasteiger partial charge in [0.2, 0.25) is 11.8 Å². The number of hydrogen-bond donors (Lipinski definition) is 0. The zero-order valence-electron chi connectivity index (χ0n) is 14.9. The van der Waals surface area contributed by atoms with Gasteiger partial charge in [-0.3, -0.25) is 9.80 Å². The fourth-order valence-electron chi connectivity index (χ4n) is 4.29. The molecule has 132 valence electrons. The topological polar surface area (TPSA) is 45.4 Å². The van der Waals surface area contributed by atoms with Crippen LogP contribution in [-0.4, -0.2) is 46.2 Å². The highest BCUT2D eigenvalue weighted by molar-refractivity contribution is 5.78. The van der Waals surface area contributed by atoms with Crippen molar-refractivity contribution in [2.24, 2.45) is 0 Å². The van der Waals surface area contributed by atoms with Gasteiger partial charge in [0.1, 0.15) is 0 Å². The molecule has 0 saturated carbocycles. The van der Waals surface area contributed by atoms with E-state index in [1.54, 1.807) is 0 Å². The molecule has 2 heterocycles. The van der Waals surface area contributed by atoms with Crippen molar-refractivity contribution in [1.82, 2.24) is 20.0 Å². The van der Waals surface area contributed by atoms with Crippen LogP contribution in [0.25, 0.3) is 11.1 Å². The fourth-order valence-corrected chi connectivity index (χ4v) is 4.29. The largest absolute Gasteiger partial charge is 0.424 e. The van der Waals surface area contributed by atoms with Crippen molar-refractivity contribution < 1.29 is 4.42 Å². The van der Waals surface area contributed by atoms with Crippen LogP contribution >= 0.6 is 0 Å². The molecule has 0 radical (unpaired) electrons. The van der Waals surface area contributed by atoms with Crippen LogP contribution < -0.4 is 0 Å². The van der Waals surface area contributed by atoms with Crippen LogP contribution in [0.15, 0.2) is 52.9 Å². The molecule has 0 unspecified atom stereocenters. The van der Waals surface area contributed by atoms with Crippen LogP contribution in [0.2, 0.25) is 0 Å². The standard InChI is InChI=1S/C21H22N4O/c1-15-22-23-20(26-15)14-24-10-12-25(13-11-24)21-18-8-4-2-6-16(18)17-7-3-5-9-19(17)21/h2-9,21H,10-14H2,1H3. The molecule has 0 spiro atoms. The molecule has 2 aliphatic rings. The molecule has 0 bridgehead atoms. The first-order chi connectivity index (χ1) is 12.8. The van der Waals surface area contributed by atoms with E-state index in [2.05, 4.69) is 68.5 Å². The summed E-state index contributed by atoms with van der Waals surface area (Å²) in [7, 11) is 0. The van der Waals surface area contributed by atoms with Gasteiger partial charge < -0.3 is 4.42 Å². The first kappa shape index (κ1) is 15.7. The van der Waals surface area contributed by atoms with Gasteiger partial charge in [0.05, 0.1) is 12.6 Å². The van der Waals surface area contributed by atoms with E-state index in [0.717, 1.165) is 32.7 Å². The highest BCUT2D eigenvalue weighted by atomic mass is 16.4. The highest BCUT2D eigenvalue weighted by Crippen LogP contribution is 2.46. The number of hydrogen-bond acceptors (Lipinski definition) is 5. The first-order valence-corrected chi connectivity index (χ1v) is 9.23. The Kier molecular flexibility index (Phi) is 3.84. The minimum absolute atomic E-state index is 0.371. The predicted octanol–water partition coefficient (Wildman–Crippen LogP) is 3.27. The Balaban J connectivity index is 1.35. The lowest BCUT2D eigenvalue weighted by atomic mass is 10.0. The predicted molar refractivity (Wildman–Crippen MR) is 99.6 cm³/mol. The van der Waals surface area contributed by atoms with Crippen LogP contribution in [0, 0.1) is 6.92 Å². The third-order valence-electron chi connectivity index (χ3n) is 5.50. The van der Waals surface area contributed by atoms with Gasteiger partial charge in [-0.25, -0.2) is 0 Å². The summed E-state index contributed by atoms with van der Waals surface area (Å²) >= 11 is 0. The van der Waals surface area contributed by atoms with E-state index in [0.29, 0.717) is 17.8 Å². The molecule has 1 saturated heterocycles. The number of rotatable bonds is 3. The summed E-state index contributed by atoms with van der Waals surface area (Å²) in [4.78, 5) is 5.01. The van der Waals surface area contributed by atoms with Crippen LogP contribution in [0.5, 0.6) is 0 Å². The van der Waals surface area contributed by atoms with Crippen molar-refractivity contribution in [2.75, 3.05) is 26.2 Å². The maximum Gasteiger partial charge on any atom is 0.230 e. The lowest BCUT2D eigenvalue weighted by Gasteiger charge is -2.38. The Morgan fingerprint density at radius 2 is 1.50 bits per heavy atom. The minimum Gasteiger partial charge on any atom is -0.424 e. The SMILES string of the molecule is Cc1nnc(CN2CCN(C3c4ccccc4-c4ccccc43)CC2)o1. The molecule has 0 N–H and O–H groups in total. The average Bonchev–Trinajstić information content (AvgIpc) is 3.23. The van der Waals surface area contributed by atoms with E-state index < -0.39 is 0 Å². The van der Waals surface area contributed by atoms with Crippen LogP contribution in [0.1, 0.15) is 29.0 Å². The fraction of sp³-hybridized carbons (Fsp3) is 0.333. The number of aryl methyl sites for hydroxylation is 1. The van der Waals surface area contributed by atoms with E-state index in [9.17, 15) is 0 Å². The Labute approximate surface area is 153 Å². The second kappa shape index (κ2) is 6.34. The molecule has 3 aromatic rings. The quantitative estimate of drug-likeness (QED) is 0.728. The second-order valence-electron chi connectivity index (χ2n) is 7.10. The van der Waals surface area contributed by atoms with Crippen LogP contribution in [-0.2, 0) is 6.54 Å². The second-order valence-corrected chi connectivity index (χ2v) is 7.10. The summed E-state index contributed by atoms with van der Waals surface area (Å²) in [5, 5.41) is 8.05. The summed E-state index contributed by atoms with van der Waals surface area (Å²) in [6.45, 7) is 6.70. The molecule has 1 aromatic heterocycles. The van der Waals surface area contributed by atoms with Crippen molar-refractivity contribution in [3.63, 3.8) is 0 Å². The summed E-state index contributed by atoms with van der Waals surface area (Å²) in [6, 6.07) is 18.0. The molecule has 5 rings (SSSR count). The van der Waals surface area contributed by atoms with E-state index in [4.69, 9.17) is 4.42 Å². The van der Waals surface area contributed by atoms with Crippen molar-refractivity contribution in [2.45, 2.75) is 19.5 Å². The van der Waals surface area contributed by atoms with Crippen molar-refractivity contribution in [3.05, 3.63) is 71.4 Å². The van der Waals surface area contributed by atoms with Crippen molar-refractivity contribution in [1.29, 1.82) is 0 Å². The molecule has 0 amide bonds. The van der Waals surface area contributed by atoms with Gasteiger partial charge in [0.15, 0.2) is 0 Å². The summed E-state index contributed by atoms with van der Waals surface area (Å²) in [5.74, 6) is 1.35. The number of fused-ring (bicyclic) bond motifs is 3. The van der Waals surface area contributed by atoms with Crippen LogP contribution in [0.4, 0.5) is 0 Å². The molecular formula is C21H22N4O. The molecule has 5 heteroatoms. The van der Waals surface area contributed by atoms with Gasteiger partial charge in [0.25, 0.3) is 0 Å². The van der Waals surface area contributed by atoms with E-state index >= 15 is 0 Å². The van der Waals surface area contributed by atoms with Gasteiger partial charge in [-0.15, -0.1) is 10.2 Å². The average molecular weight is 346 g/mol. The molecule has 1 fully saturated rings. The summed E-state index contributed by atoms with van der Waals surface area (Å²) in [5.41, 5.74) is 5.65. The van der Waals surface area contributed by atoms with Crippen LogP contribution in [0.3, 0.4) is 0 Å². The van der Waals surface area contributed by atoms with Crippen molar-refractivity contribution >= 4 is 0 Å². The van der Waals surface area contributed by atoms with Crippen molar-refractivity contribution in [3.8, 4) is 11.1 Å². The molecular weight excluding hydrogens is 324 g/mol. The number of nitrogens with zero attached hydrogens (tertiary/aromatic N) is 4. The zero-order valence-corrected chi connectivity index (χ0v) is 14.9. The molecule has 26 heavy (non-hydrogen) atoms. The normalized spacial score (nSPS) is 18.0. The third-order valence-corrected chi connectivity index (χ3v) is 5.50. The monoisotopic (exact) mass is 346 g/mol. The third kappa shape index (κ3) is 2.64. The van der Waals surface area contributed by atoms with Gasteiger partial charge in [0, 0.05) is 33.1 Å². The minimum atomic E-state index is 0.371. The lowest BCUT2D eigenvalue weighted by molar-refractivity contribution is 0.0995. The molecule has 1 aliphatic heterocycles. The number of benzene rings is 2. The summed E-state index contributed by atoms with van der Waals surface area (Å²) < 4.78 is 5.53. The Morgan fingerprint density at radius 1 is 0.885 bits per heavy atom. The number of aromatic nitrogens is 2. The van der Waals surface area contributed by atoms with E-state index in [1.807, 2.05) is 6.92 Å². The Bertz CT molecular complexity index is 882. The Hall–Kier alpha value is -2.50. The highest BCUT2D eigenvalue weighted by Gasteiger charge is 2.34. The maximum absolute atomic E-state index is 5.53. The smallest absolute Gasteiger partial charge is 0.230 e. The zero-order chi connectivity index (χ0) is 17.5. The molecule has 5 nitrogen and oxygen atoms in total. The van der Waals surface area contributed by atoms with E-state index in [-0.39, 0.29) is 0 Å². The van der Waals surface area contributed by atoms with Gasteiger partial charge in [-0.05, 0) is 22.3 Å². The Morgan fingerprint density at radius 3 is 2.08 bits per heavy atom. The van der Waals surface area contributed by atoms with Gasteiger partial charge in [-0.1, -0.05) is 48.5 Å².